The molecule has 2 fully saturated rings. The lowest BCUT2D eigenvalue weighted by molar-refractivity contribution is -0.117. The molecule has 0 atom stereocenters. The first-order valence-electron chi connectivity index (χ1n) is 9.06. The topological polar surface area (TPSA) is 87.7 Å². The smallest absolute Gasteiger partial charge is 0.240 e. The number of nitrogens with zero attached hydrogens (tertiary/aromatic N) is 1. The van der Waals surface area contributed by atoms with Gasteiger partial charge in [0, 0.05) is 37.7 Å². The molecule has 0 aliphatic carbocycles. The predicted molar refractivity (Wildman–Crippen MR) is 99.6 cm³/mol. The number of nitrogens with one attached hydrogen (secondary N) is 2. The summed E-state index contributed by atoms with van der Waals surface area (Å²) < 4.78 is 33.4. The van der Waals surface area contributed by atoms with E-state index >= 15 is 0 Å². The van der Waals surface area contributed by atoms with Gasteiger partial charge in [-0.3, -0.25) is 4.79 Å². The van der Waals surface area contributed by atoms with Crippen molar-refractivity contribution in [3.8, 4) is 0 Å². The molecular formula is C18H27N3O4S. The van der Waals surface area contributed by atoms with Gasteiger partial charge in [-0.05, 0) is 56.6 Å². The number of hydrogen-bond donors (Lipinski definition) is 2. The fourth-order valence-electron chi connectivity index (χ4n) is 3.69. The first kappa shape index (κ1) is 19.3. The van der Waals surface area contributed by atoms with E-state index in [1.165, 1.54) is 0 Å². The lowest BCUT2D eigenvalue weighted by atomic mass is 9.80. The van der Waals surface area contributed by atoms with E-state index in [9.17, 15) is 13.2 Å². The molecule has 2 N–H and O–H groups in total. The average Bonchev–Trinajstić information content (AvgIpc) is 3.07. The minimum Gasteiger partial charge on any atom is -0.384 e. The third kappa shape index (κ3) is 4.25. The van der Waals surface area contributed by atoms with Gasteiger partial charge in [0.15, 0.2) is 0 Å². The van der Waals surface area contributed by atoms with Crippen molar-refractivity contribution in [3.05, 3.63) is 24.3 Å². The SMILES string of the molecule is COCC1(CNS(=O)(=O)c2ccc(N3CCCC3=O)cc2)CCNCC1. The van der Waals surface area contributed by atoms with E-state index in [2.05, 4.69) is 10.0 Å². The number of amides is 1. The molecule has 1 aromatic rings. The van der Waals surface area contributed by atoms with E-state index < -0.39 is 10.0 Å². The summed E-state index contributed by atoms with van der Waals surface area (Å²) in [7, 11) is -1.95. The fourth-order valence-corrected chi connectivity index (χ4v) is 4.85. The zero-order chi connectivity index (χ0) is 18.6. The van der Waals surface area contributed by atoms with Crippen molar-refractivity contribution >= 4 is 21.6 Å². The van der Waals surface area contributed by atoms with Gasteiger partial charge >= 0.3 is 0 Å². The minimum atomic E-state index is -3.60. The third-order valence-corrected chi connectivity index (χ3v) is 6.70. The first-order valence-corrected chi connectivity index (χ1v) is 10.5. The number of carbonyl (C=O) groups excluding carboxylic acids is 1. The molecule has 26 heavy (non-hydrogen) atoms. The molecule has 8 heteroatoms. The second-order valence-corrected chi connectivity index (χ2v) is 8.92. The number of rotatable bonds is 7. The second kappa shape index (κ2) is 8.04. The number of anilines is 1. The molecule has 144 valence electrons. The molecule has 0 unspecified atom stereocenters. The van der Waals surface area contributed by atoms with E-state index in [1.807, 2.05) is 0 Å². The Hall–Kier alpha value is -1.48. The summed E-state index contributed by atoms with van der Waals surface area (Å²) in [6.07, 6.45) is 3.15. The van der Waals surface area contributed by atoms with Crippen LogP contribution in [0.25, 0.3) is 0 Å². The monoisotopic (exact) mass is 381 g/mol. The summed E-state index contributed by atoms with van der Waals surface area (Å²) in [5.74, 6) is 0.0890. The Kier molecular flexibility index (Phi) is 5.96. The lowest BCUT2D eigenvalue weighted by Crippen LogP contribution is -2.47. The summed E-state index contributed by atoms with van der Waals surface area (Å²) in [5.41, 5.74) is 0.579. The Labute approximate surface area is 155 Å². The van der Waals surface area contributed by atoms with Gasteiger partial charge in [-0.15, -0.1) is 0 Å². The molecule has 0 saturated carbocycles. The number of sulfonamides is 1. The van der Waals surface area contributed by atoms with Gasteiger partial charge in [0.2, 0.25) is 15.9 Å². The Morgan fingerprint density at radius 2 is 1.92 bits per heavy atom. The third-order valence-electron chi connectivity index (χ3n) is 5.28. The molecule has 1 aromatic carbocycles. The largest absolute Gasteiger partial charge is 0.384 e. The quantitative estimate of drug-likeness (QED) is 0.739. The number of methoxy groups -OCH3 is 1. The molecule has 0 aromatic heterocycles. The number of piperidine rings is 1. The normalized spacial score (nSPS) is 20.5. The lowest BCUT2D eigenvalue weighted by Gasteiger charge is -2.37. The van der Waals surface area contributed by atoms with Crippen LogP contribution >= 0.6 is 0 Å². The van der Waals surface area contributed by atoms with E-state index in [4.69, 9.17) is 4.74 Å². The molecule has 1 amide bonds. The van der Waals surface area contributed by atoms with Gasteiger partial charge in [0.1, 0.15) is 0 Å². The summed E-state index contributed by atoms with van der Waals surface area (Å²) in [5, 5.41) is 3.30. The van der Waals surface area contributed by atoms with Crippen LogP contribution in [0, 0.1) is 5.41 Å². The van der Waals surface area contributed by atoms with E-state index in [0.29, 0.717) is 26.1 Å². The average molecular weight is 381 g/mol. The number of carbonyl (C=O) groups is 1. The molecule has 0 spiro atoms. The van der Waals surface area contributed by atoms with Crippen molar-refractivity contribution in [3.63, 3.8) is 0 Å². The molecule has 2 saturated heterocycles. The molecule has 7 nitrogen and oxygen atoms in total. The highest BCUT2D eigenvalue weighted by Gasteiger charge is 2.33. The van der Waals surface area contributed by atoms with Gasteiger partial charge in [0.25, 0.3) is 0 Å². The Bertz CT molecular complexity index is 722. The fraction of sp³-hybridized carbons (Fsp3) is 0.611. The van der Waals surface area contributed by atoms with Crippen molar-refractivity contribution < 1.29 is 17.9 Å². The first-order chi connectivity index (χ1) is 12.5. The number of hydrogen-bond acceptors (Lipinski definition) is 5. The molecule has 0 bridgehead atoms. The zero-order valence-electron chi connectivity index (χ0n) is 15.2. The van der Waals surface area contributed by atoms with Crippen molar-refractivity contribution in [2.24, 2.45) is 5.41 Å². The number of benzene rings is 1. The van der Waals surface area contributed by atoms with Crippen molar-refractivity contribution in [1.82, 2.24) is 10.0 Å². The van der Waals surface area contributed by atoms with E-state index in [-0.39, 0.29) is 16.2 Å². The van der Waals surface area contributed by atoms with Crippen LogP contribution in [-0.2, 0) is 19.6 Å². The van der Waals surface area contributed by atoms with Gasteiger partial charge in [-0.1, -0.05) is 0 Å². The predicted octanol–water partition coefficient (Wildman–Crippen LogP) is 1.11. The van der Waals surface area contributed by atoms with Gasteiger partial charge in [-0.25, -0.2) is 13.1 Å². The van der Waals surface area contributed by atoms with Crippen LogP contribution in [0.1, 0.15) is 25.7 Å². The number of ether oxygens (including phenoxy) is 1. The van der Waals surface area contributed by atoms with Crippen molar-refractivity contribution in [2.75, 3.05) is 44.8 Å². The molecular weight excluding hydrogens is 354 g/mol. The van der Waals surface area contributed by atoms with Crippen LogP contribution in [0.4, 0.5) is 5.69 Å². The highest BCUT2D eigenvalue weighted by molar-refractivity contribution is 7.89. The molecule has 0 radical (unpaired) electrons. The van der Waals surface area contributed by atoms with Gasteiger partial charge < -0.3 is 15.0 Å². The van der Waals surface area contributed by atoms with Crippen molar-refractivity contribution in [1.29, 1.82) is 0 Å². The van der Waals surface area contributed by atoms with Gasteiger partial charge in [0.05, 0.1) is 11.5 Å². The highest BCUT2D eigenvalue weighted by Crippen LogP contribution is 2.29. The minimum absolute atomic E-state index is 0.0890. The summed E-state index contributed by atoms with van der Waals surface area (Å²) in [6, 6.07) is 6.53. The van der Waals surface area contributed by atoms with Crippen LogP contribution < -0.4 is 14.9 Å². The zero-order valence-corrected chi connectivity index (χ0v) is 16.0. The Morgan fingerprint density at radius 3 is 2.50 bits per heavy atom. The van der Waals surface area contributed by atoms with E-state index in [1.54, 1.807) is 36.3 Å². The summed E-state index contributed by atoms with van der Waals surface area (Å²) in [4.78, 5) is 13.7. The van der Waals surface area contributed by atoms with Crippen molar-refractivity contribution in [2.45, 2.75) is 30.6 Å². The Morgan fingerprint density at radius 1 is 1.23 bits per heavy atom. The van der Waals surface area contributed by atoms with Gasteiger partial charge in [-0.2, -0.15) is 0 Å². The highest BCUT2D eigenvalue weighted by atomic mass is 32.2. The molecule has 2 heterocycles. The maximum absolute atomic E-state index is 12.7. The van der Waals surface area contributed by atoms with Crippen LogP contribution in [-0.4, -0.2) is 54.2 Å². The maximum atomic E-state index is 12.7. The van der Waals surface area contributed by atoms with Crippen LogP contribution in [0.2, 0.25) is 0 Å². The maximum Gasteiger partial charge on any atom is 0.240 e. The standard InChI is InChI=1S/C18H27N3O4S/c1-25-14-18(8-10-19-11-9-18)13-20-26(23,24)16-6-4-15(5-7-16)21-12-2-3-17(21)22/h4-7,19-20H,2-3,8-14H2,1H3. The second-order valence-electron chi connectivity index (χ2n) is 7.15. The summed E-state index contributed by atoms with van der Waals surface area (Å²) in [6.45, 7) is 3.31. The van der Waals surface area contributed by atoms with Crippen LogP contribution in [0.5, 0.6) is 0 Å². The molecule has 2 aliphatic rings. The Balaban J connectivity index is 1.68. The molecule has 3 rings (SSSR count). The summed E-state index contributed by atoms with van der Waals surface area (Å²) >= 11 is 0. The van der Waals surface area contributed by atoms with E-state index in [0.717, 1.165) is 38.0 Å². The van der Waals surface area contributed by atoms with Crippen LogP contribution in [0.3, 0.4) is 0 Å². The molecule has 2 aliphatic heterocycles. The van der Waals surface area contributed by atoms with Crippen LogP contribution in [0.15, 0.2) is 29.2 Å².